The lowest BCUT2D eigenvalue weighted by Gasteiger charge is -2.07. The Balaban J connectivity index is 1.82. The van der Waals surface area contributed by atoms with E-state index >= 15 is 0 Å². The lowest BCUT2D eigenvalue weighted by atomic mass is 10.1. The van der Waals surface area contributed by atoms with Gasteiger partial charge in [0.15, 0.2) is 0 Å². The summed E-state index contributed by atoms with van der Waals surface area (Å²) in [5.74, 6) is -0.0369. The predicted molar refractivity (Wildman–Crippen MR) is 84.8 cm³/mol. The van der Waals surface area contributed by atoms with Crippen molar-refractivity contribution >= 4 is 17.5 Å². The first kappa shape index (κ1) is 15.6. The smallest absolute Gasteiger partial charge is 0.251 e. The lowest BCUT2D eigenvalue weighted by Crippen LogP contribution is -2.25. The van der Waals surface area contributed by atoms with Crippen molar-refractivity contribution in [3.63, 3.8) is 0 Å². The third kappa shape index (κ3) is 3.85. The number of aryl methyl sites for hydroxylation is 3. The van der Waals surface area contributed by atoms with Gasteiger partial charge in [-0.1, -0.05) is 29.3 Å². The first-order valence-corrected chi connectivity index (χ1v) is 7.41. The summed E-state index contributed by atoms with van der Waals surface area (Å²) in [6.07, 6.45) is 0.815. The van der Waals surface area contributed by atoms with Gasteiger partial charge in [0.2, 0.25) is 0 Å². The van der Waals surface area contributed by atoms with Crippen LogP contribution in [-0.4, -0.2) is 22.2 Å². The summed E-state index contributed by atoms with van der Waals surface area (Å²) >= 11 is 6.10. The zero-order valence-electron chi connectivity index (χ0n) is 12.6. The van der Waals surface area contributed by atoms with E-state index < -0.39 is 0 Å². The Bertz CT molecular complexity index is 649. The standard InChI is InChI=1S/C16H20ClN3O/c1-11-6-4-7-14(10-11)16(21)18-8-5-9-20-13(3)15(17)12(2)19-20/h4,6-7,10H,5,8-9H2,1-3H3,(H,18,21). The van der Waals surface area contributed by atoms with Crippen molar-refractivity contribution in [2.45, 2.75) is 33.7 Å². The molecule has 1 heterocycles. The average molecular weight is 306 g/mol. The number of nitrogens with one attached hydrogen (secondary N) is 1. The molecule has 1 amide bonds. The summed E-state index contributed by atoms with van der Waals surface area (Å²) in [5, 5.41) is 8.01. The van der Waals surface area contributed by atoms with Gasteiger partial charge >= 0.3 is 0 Å². The highest BCUT2D eigenvalue weighted by Crippen LogP contribution is 2.18. The van der Waals surface area contributed by atoms with Gasteiger partial charge in [-0.05, 0) is 39.3 Å². The maximum absolute atomic E-state index is 12.0. The summed E-state index contributed by atoms with van der Waals surface area (Å²) in [5.41, 5.74) is 3.60. The quantitative estimate of drug-likeness (QED) is 0.862. The fraction of sp³-hybridized carbons (Fsp3) is 0.375. The number of rotatable bonds is 5. The Kier molecular flexibility index (Phi) is 5.02. The van der Waals surface area contributed by atoms with Gasteiger partial charge in [0.1, 0.15) is 0 Å². The molecular weight excluding hydrogens is 286 g/mol. The van der Waals surface area contributed by atoms with Crippen LogP contribution in [0.1, 0.15) is 33.7 Å². The van der Waals surface area contributed by atoms with Crippen LogP contribution in [0.15, 0.2) is 24.3 Å². The fourth-order valence-electron chi connectivity index (χ4n) is 2.21. The summed E-state index contributed by atoms with van der Waals surface area (Å²) in [6, 6.07) is 7.57. The molecule has 0 aliphatic carbocycles. The number of halogens is 1. The third-order valence-corrected chi connectivity index (χ3v) is 3.95. The van der Waals surface area contributed by atoms with Gasteiger partial charge in [-0.15, -0.1) is 0 Å². The van der Waals surface area contributed by atoms with Gasteiger partial charge < -0.3 is 5.32 Å². The molecule has 0 fully saturated rings. The van der Waals surface area contributed by atoms with Crippen molar-refractivity contribution in [2.24, 2.45) is 0 Å². The van der Waals surface area contributed by atoms with Crippen molar-refractivity contribution in [1.29, 1.82) is 0 Å². The zero-order chi connectivity index (χ0) is 15.4. The van der Waals surface area contributed by atoms with E-state index in [1.807, 2.05) is 49.7 Å². The van der Waals surface area contributed by atoms with Crippen LogP contribution in [0.25, 0.3) is 0 Å². The number of benzene rings is 1. The number of carbonyl (C=O) groups excluding carboxylic acids is 1. The molecule has 0 saturated heterocycles. The molecule has 21 heavy (non-hydrogen) atoms. The van der Waals surface area contributed by atoms with Crippen LogP contribution in [0.2, 0.25) is 5.02 Å². The van der Waals surface area contributed by atoms with Crippen LogP contribution in [0, 0.1) is 20.8 Å². The Morgan fingerprint density at radius 2 is 2.10 bits per heavy atom. The van der Waals surface area contributed by atoms with E-state index in [1.54, 1.807) is 0 Å². The Hall–Kier alpha value is -1.81. The van der Waals surface area contributed by atoms with Crippen molar-refractivity contribution in [1.82, 2.24) is 15.1 Å². The molecule has 0 saturated carbocycles. The van der Waals surface area contributed by atoms with E-state index in [9.17, 15) is 4.79 Å². The van der Waals surface area contributed by atoms with Crippen LogP contribution in [0.3, 0.4) is 0 Å². The highest BCUT2D eigenvalue weighted by atomic mass is 35.5. The minimum absolute atomic E-state index is 0.0369. The Labute approximate surface area is 130 Å². The molecule has 1 aromatic heterocycles. The van der Waals surface area contributed by atoms with Gasteiger partial charge in [-0.2, -0.15) is 5.10 Å². The summed E-state index contributed by atoms with van der Waals surface area (Å²) in [4.78, 5) is 12.0. The van der Waals surface area contributed by atoms with Gasteiger partial charge in [0.05, 0.1) is 16.4 Å². The molecule has 0 aliphatic rings. The van der Waals surface area contributed by atoms with E-state index in [1.165, 1.54) is 0 Å². The molecular formula is C16H20ClN3O. The molecule has 0 radical (unpaired) electrons. The van der Waals surface area contributed by atoms with Crippen LogP contribution >= 0.6 is 11.6 Å². The minimum Gasteiger partial charge on any atom is -0.352 e. The van der Waals surface area contributed by atoms with E-state index in [0.717, 1.165) is 34.9 Å². The van der Waals surface area contributed by atoms with Crippen molar-refractivity contribution in [3.05, 3.63) is 51.8 Å². The predicted octanol–water partition coefficient (Wildman–Crippen LogP) is 3.28. The first-order chi connectivity index (χ1) is 9.99. The number of hydrogen-bond acceptors (Lipinski definition) is 2. The number of amides is 1. The topological polar surface area (TPSA) is 46.9 Å². The highest BCUT2D eigenvalue weighted by molar-refractivity contribution is 6.31. The van der Waals surface area contributed by atoms with Gasteiger partial charge in [-0.25, -0.2) is 0 Å². The molecule has 0 aliphatic heterocycles. The number of nitrogens with zero attached hydrogens (tertiary/aromatic N) is 2. The molecule has 4 nitrogen and oxygen atoms in total. The monoisotopic (exact) mass is 305 g/mol. The number of carbonyl (C=O) groups is 1. The summed E-state index contributed by atoms with van der Waals surface area (Å²) in [7, 11) is 0. The molecule has 1 aromatic carbocycles. The first-order valence-electron chi connectivity index (χ1n) is 7.03. The second-order valence-corrected chi connectivity index (χ2v) is 5.56. The zero-order valence-corrected chi connectivity index (χ0v) is 13.4. The molecule has 0 atom stereocenters. The summed E-state index contributed by atoms with van der Waals surface area (Å²) in [6.45, 7) is 7.18. The van der Waals surface area contributed by atoms with Crippen LogP contribution in [0.5, 0.6) is 0 Å². The second kappa shape index (κ2) is 6.76. The largest absolute Gasteiger partial charge is 0.352 e. The second-order valence-electron chi connectivity index (χ2n) is 5.19. The van der Waals surface area contributed by atoms with E-state index in [0.29, 0.717) is 12.1 Å². The van der Waals surface area contributed by atoms with Crippen molar-refractivity contribution in [2.75, 3.05) is 6.54 Å². The van der Waals surface area contributed by atoms with Crippen LogP contribution in [0.4, 0.5) is 0 Å². The third-order valence-electron chi connectivity index (χ3n) is 3.41. The fourth-order valence-corrected chi connectivity index (χ4v) is 2.35. The maximum atomic E-state index is 12.0. The lowest BCUT2D eigenvalue weighted by molar-refractivity contribution is 0.0952. The molecule has 5 heteroatoms. The van der Waals surface area contributed by atoms with Crippen molar-refractivity contribution in [3.8, 4) is 0 Å². The van der Waals surface area contributed by atoms with Crippen molar-refractivity contribution < 1.29 is 4.79 Å². The SMILES string of the molecule is Cc1cccc(C(=O)NCCCn2nc(C)c(Cl)c2C)c1. The van der Waals surface area contributed by atoms with E-state index in [-0.39, 0.29) is 5.91 Å². The Morgan fingerprint density at radius 1 is 1.33 bits per heavy atom. The molecule has 2 aromatic rings. The van der Waals surface area contributed by atoms with Gasteiger partial charge in [0.25, 0.3) is 5.91 Å². The maximum Gasteiger partial charge on any atom is 0.251 e. The molecule has 112 valence electrons. The van der Waals surface area contributed by atoms with Gasteiger partial charge in [0, 0.05) is 18.7 Å². The van der Waals surface area contributed by atoms with Gasteiger partial charge in [-0.3, -0.25) is 9.48 Å². The molecule has 0 unspecified atom stereocenters. The molecule has 2 rings (SSSR count). The van der Waals surface area contributed by atoms with Crippen LogP contribution < -0.4 is 5.32 Å². The van der Waals surface area contributed by atoms with Crippen LogP contribution in [-0.2, 0) is 6.54 Å². The summed E-state index contributed by atoms with van der Waals surface area (Å²) < 4.78 is 1.89. The van der Waals surface area contributed by atoms with E-state index in [2.05, 4.69) is 10.4 Å². The number of aromatic nitrogens is 2. The molecule has 0 spiro atoms. The van der Waals surface area contributed by atoms with E-state index in [4.69, 9.17) is 11.6 Å². The Morgan fingerprint density at radius 3 is 2.71 bits per heavy atom. The normalized spacial score (nSPS) is 10.7. The highest BCUT2D eigenvalue weighted by Gasteiger charge is 2.09. The molecule has 0 bridgehead atoms. The molecule has 1 N–H and O–H groups in total. The number of hydrogen-bond donors (Lipinski definition) is 1. The minimum atomic E-state index is -0.0369. The average Bonchev–Trinajstić information content (AvgIpc) is 2.71.